The van der Waals surface area contributed by atoms with Crippen LogP contribution in [0.25, 0.3) is 0 Å². The van der Waals surface area contributed by atoms with Crippen LogP contribution in [-0.4, -0.2) is 47.9 Å². The molecule has 1 fully saturated rings. The number of morpholine rings is 1. The van der Waals surface area contributed by atoms with Crippen LogP contribution in [0.1, 0.15) is 17.2 Å². The van der Waals surface area contributed by atoms with E-state index in [2.05, 4.69) is 5.32 Å². The molecule has 0 saturated carbocycles. The van der Waals surface area contributed by atoms with E-state index in [0.29, 0.717) is 25.4 Å². The normalized spacial score (nSPS) is 16.8. The zero-order chi connectivity index (χ0) is 19.1. The van der Waals surface area contributed by atoms with Crippen LogP contribution in [0.15, 0.2) is 54.6 Å². The number of thioether (sulfide) groups is 1. The van der Waals surface area contributed by atoms with Gasteiger partial charge >= 0.3 is 0 Å². The summed E-state index contributed by atoms with van der Waals surface area (Å²) in [5.41, 5.74) is 2.96. The molecule has 1 N–H and O–H groups in total. The lowest BCUT2D eigenvalue weighted by molar-refractivity contribution is -0.136. The molecule has 3 rings (SSSR count). The van der Waals surface area contributed by atoms with E-state index >= 15 is 0 Å². The van der Waals surface area contributed by atoms with Crippen molar-refractivity contribution in [1.29, 1.82) is 0 Å². The van der Waals surface area contributed by atoms with Crippen molar-refractivity contribution in [3.05, 3.63) is 65.7 Å². The molecule has 6 heteroatoms. The average molecular weight is 385 g/mol. The molecule has 1 aliphatic heterocycles. The molecule has 1 aliphatic rings. The number of hydrogen-bond donors (Lipinski definition) is 1. The van der Waals surface area contributed by atoms with Gasteiger partial charge in [-0.25, -0.2) is 0 Å². The number of hydrogen-bond acceptors (Lipinski definition) is 4. The van der Waals surface area contributed by atoms with Gasteiger partial charge < -0.3 is 15.0 Å². The topological polar surface area (TPSA) is 58.6 Å². The van der Waals surface area contributed by atoms with Crippen LogP contribution in [-0.2, 0) is 14.3 Å². The first-order chi connectivity index (χ1) is 13.1. The molecule has 1 atom stereocenters. The van der Waals surface area contributed by atoms with Crippen molar-refractivity contribution < 1.29 is 14.3 Å². The van der Waals surface area contributed by atoms with E-state index in [9.17, 15) is 9.59 Å². The average Bonchev–Trinajstić information content (AvgIpc) is 2.68. The smallest absolute Gasteiger partial charge is 0.234 e. The van der Waals surface area contributed by atoms with Crippen LogP contribution in [0, 0.1) is 6.92 Å². The number of rotatable bonds is 6. The monoisotopic (exact) mass is 384 g/mol. The lowest BCUT2D eigenvalue weighted by Gasteiger charge is -2.33. The molecule has 142 valence electrons. The number of amides is 2. The van der Waals surface area contributed by atoms with E-state index in [0.717, 1.165) is 16.8 Å². The number of benzene rings is 2. The zero-order valence-electron chi connectivity index (χ0n) is 15.4. The predicted octanol–water partition coefficient (Wildman–Crippen LogP) is 3.27. The molecule has 2 amide bonds. The molecule has 1 unspecified atom stereocenters. The summed E-state index contributed by atoms with van der Waals surface area (Å²) < 4.78 is 5.80. The Kier molecular flexibility index (Phi) is 6.90. The third kappa shape index (κ3) is 5.84. The lowest BCUT2D eigenvalue weighted by atomic mass is 10.1. The summed E-state index contributed by atoms with van der Waals surface area (Å²) in [6, 6.07) is 17.6. The van der Waals surface area contributed by atoms with Gasteiger partial charge in [-0.2, -0.15) is 0 Å². The highest BCUT2D eigenvalue weighted by Crippen LogP contribution is 2.22. The van der Waals surface area contributed by atoms with Gasteiger partial charge in [-0.3, -0.25) is 9.59 Å². The van der Waals surface area contributed by atoms with Gasteiger partial charge in [0.15, 0.2) is 0 Å². The molecule has 0 bridgehead atoms. The summed E-state index contributed by atoms with van der Waals surface area (Å²) in [4.78, 5) is 26.3. The van der Waals surface area contributed by atoms with Crippen LogP contribution in [0.3, 0.4) is 0 Å². The Hall–Kier alpha value is -2.31. The molecule has 0 radical (unpaired) electrons. The molecule has 0 aromatic heterocycles. The van der Waals surface area contributed by atoms with Crippen molar-refractivity contribution >= 4 is 29.3 Å². The van der Waals surface area contributed by atoms with Crippen molar-refractivity contribution in [1.82, 2.24) is 4.90 Å². The van der Waals surface area contributed by atoms with Crippen LogP contribution in [0.2, 0.25) is 0 Å². The number of nitrogens with one attached hydrogen (secondary N) is 1. The van der Waals surface area contributed by atoms with Gasteiger partial charge in [0, 0.05) is 12.2 Å². The summed E-state index contributed by atoms with van der Waals surface area (Å²) in [6.45, 7) is 3.66. The van der Waals surface area contributed by atoms with Gasteiger partial charge in [0.05, 0.1) is 24.7 Å². The maximum absolute atomic E-state index is 12.5. The third-order valence-electron chi connectivity index (χ3n) is 4.35. The fraction of sp³-hybridized carbons (Fsp3) is 0.333. The lowest BCUT2D eigenvalue weighted by Crippen LogP contribution is -2.43. The Morgan fingerprint density at radius 2 is 1.96 bits per heavy atom. The summed E-state index contributed by atoms with van der Waals surface area (Å²) in [6.07, 6.45) is -0.0847. The van der Waals surface area contributed by atoms with Crippen molar-refractivity contribution in [3.63, 3.8) is 0 Å². The number of aryl methyl sites for hydroxylation is 1. The number of ether oxygens (including phenoxy) is 1. The van der Waals surface area contributed by atoms with E-state index in [1.165, 1.54) is 11.8 Å². The van der Waals surface area contributed by atoms with Crippen LogP contribution >= 0.6 is 11.8 Å². The Morgan fingerprint density at radius 3 is 2.74 bits per heavy atom. The molecule has 2 aromatic carbocycles. The van der Waals surface area contributed by atoms with E-state index in [1.807, 2.05) is 66.4 Å². The quantitative estimate of drug-likeness (QED) is 0.830. The maximum atomic E-state index is 12.5. The highest BCUT2D eigenvalue weighted by molar-refractivity contribution is 8.00. The molecule has 0 aliphatic carbocycles. The molecule has 27 heavy (non-hydrogen) atoms. The number of carbonyl (C=O) groups is 2. The molecule has 5 nitrogen and oxygen atoms in total. The minimum Gasteiger partial charge on any atom is -0.370 e. The minimum atomic E-state index is -0.0949. The van der Waals surface area contributed by atoms with Gasteiger partial charge in [0.2, 0.25) is 11.8 Å². The standard InChI is InChI=1S/C21H24N2O3S/c1-16-6-5-9-18(12-16)22-20(24)14-27-15-21(25)23-10-11-26-19(13-23)17-7-3-2-4-8-17/h2-9,12,19H,10-11,13-15H2,1H3,(H,22,24). The largest absolute Gasteiger partial charge is 0.370 e. The van der Waals surface area contributed by atoms with Gasteiger partial charge in [-0.1, -0.05) is 42.5 Å². The summed E-state index contributed by atoms with van der Waals surface area (Å²) in [5, 5.41) is 2.86. The van der Waals surface area contributed by atoms with Crippen molar-refractivity contribution in [3.8, 4) is 0 Å². The molecule has 1 saturated heterocycles. The maximum Gasteiger partial charge on any atom is 0.234 e. The van der Waals surface area contributed by atoms with Crippen molar-refractivity contribution in [2.24, 2.45) is 0 Å². The van der Waals surface area contributed by atoms with E-state index in [-0.39, 0.29) is 23.7 Å². The van der Waals surface area contributed by atoms with Crippen LogP contribution < -0.4 is 5.32 Å². The highest BCUT2D eigenvalue weighted by atomic mass is 32.2. The third-order valence-corrected chi connectivity index (χ3v) is 5.27. The van der Waals surface area contributed by atoms with Gasteiger partial charge in [-0.15, -0.1) is 11.8 Å². The number of nitrogens with zero attached hydrogens (tertiary/aromatic N) is 1. The van der Waals surface area contributed by atoms with Gasteiger partial charge in [-0.05, 0) is 30.2 Å². The first-order valence-electron chi connectivity index (χ1n) is 9.00. The highest BCUT2D eigenvalue weighted by Gasteiger charge is 2.25. The Labute approximate surface area is 164 Å². The Morgan fingerprint density at radius 1 is 1.15 bits per heavy atom. The van der Waals surface area contributed by atoms with E-state index in [1.54, 1.807) is 0 Å². The molecule has 1 heterocycles. The summed E-state index contributed by atoms with van der Waals surface area (Å²) in [7, 11) is 0. The Bertz CT molecular complexity index is 782. The summed E-state index contributed by atoms with van der Waals surface area (Å²) in [5.74, 6) is 0.504. The molecule has 0 spiro atoms. The predicted molar refractivity (Wildman–Crippen MR) is 109 cm³/mol. The van der Waals surface area contributed by atoms with Crippen LogP contribution in [0.5, 0.6) is 0 Å². The van der Waals surface area contributed by atoms with Gasteiger partial charge in [0.1, 0.15) is 6.10 Å². The van der Waals surface area contributed by atoms with Crippen molar-refractivity contribution in [2.45, 2.75) is 13.0 Å². The zero-order valence-corrected chi connectivity index (χ0v) is 16.2. The second-order valence-corrected chi connectivity index (χ2v) is 7.51. The van der Waals surface area contributed by atoms with E-state index in [4.69, 9.17) is 4.74 Å². The van der Waals surface area contributed by atoms with E-state index < -0.39 is 0 Å². The first kappa shape index (κ1) is 19.5. The number of carbonyl (C=O) groups excluding carboxylic acids is 2. The Balaban J connectivity index is 1.43. The second kappa shape index (κ2) is 9.58. The SMILES string of the molecule is Cc1cccc(NC(=O)CSCC(=O)N2CCOC(c3ccccc3)C2)c1. The van der Waals surface area contributed by atoms with Crippen molar-refractivity contribution in [2.75, 3.05) is 36.5 Å². The minimum absolute atomic E-state index is 0.0487. The molecule has 2 aromatic rings. The molecular formula is C21H24N2O3S. The van der Waals surface area contributed by atoms with Crippen LogP contribution in [0.4, 0.5) is 5.69 Å². The molecular weight excluding hydrogens is 360 g/mol. The first-order valence-corrected chi connectivity index (χ1v) is 10.2. The fourth-order valence-electron chi connectivity index (χ4n) is 2.99. The summed E-state index contributed by atoms with van der Waals surface area (Å²) >= 11 is 1.34. The second-order valence-electron chi connectivity index (χ2n) is 6.52. The fourth-order valence-corrected chi connectivity index (χ4v) is 3.70. The van der Waals surface area contributed by atoms with Gasteiger partial charge in [0.25, 0.3) is 0 Å². The number of anilines is 1.